The second-order valence-corrected chi connectivity index (χ2v) is 10.3. The Morgan fingerprint density at radius 1 is 0.545 bits per heavy atom. The normalized spacial score (nSPS) is 11.3. The highest BCUT2D eigenvalue weighted by molar-refractivity contribution is 9.09. The zero-order valence-corrected chi connectivity index (χ0v) is 15.0. The molecular formula is C20H19BrSi. The van der Waals surface area contributed by atoms with E-state index in [0.717, 1.165) is 11.4 Å². The molecular weight excluding hydrogens is 348 g/mol. The number of hydrogen-bond donors (Lipinski definition) is 0. The maximum Gasteiger partial charge on any atom is 0.149 e. The van der Waals surface area contributed by atoms with Gasteiger partial charge in [-0.2, -0.15) is 0 Å². The van der Waals surface area contributed by atoms with Crippen molar-refractivity contribution in [2.75, 3.05) is 5.33 Å². The summed E-state index contributed by atoms with van der Waals surface area (Å²) in [5.41, 5.74) is 0. The second-order valence-electron chi connectivity index (χ2n) is 5.44. The predicted octanol–water partition coefficient (Wildman–Crippen LogP) is 3.55. The van der Waals surface area contributed by atoms with Gasteiger partial charge >= 0.3 is 0 Å². The first kappa shape index (κ1) is 15.3. The molecule has 0 amide bonds. The first-order valence-corrected chi connectivity index (χ1v) is 10.9. The van der Waals surface area contributed by atoms with Gasteiger partial charge in [-0.3, -0.25) is 0 Å². The van der Waals surface area contributed by atoms with Crippen molar-refractivity contribution in [1.29, 1.82) is 0 Å². The number of alkyl halides is 1. The molecule has 0 nitrogen and oxygen atoms in total. The molecule has 3 aromatic rings. The van der Waals surface area contributed by atoms with Gasteiger partial charge in [0.2, 0.25) is 0 Å². The van der Waals surface area contributed by atoms with E-state index >= 15 is 0 Å². The molecule has 0 N–H and O–H groups in total. The van der Waals surface area contributed by atoms with Gasteiger partial charge < -0.3 is 0 Å². The Kier molecular flexibility index (Phi) is 4.91. The van der Waals surface area contributed by atoms with Crippen LogP contribution in [0.25, 0.3) is 0 Å². The molecule has 0 aromatic heterocycles. The van der Waals surface area contributed by atoms with E-state index in [1.165, 1.54) is 15.6 Å². The molecule has 3 aromatic carbocycles. The van der Waals surface area contributed by atoms with Crippen LogP contribution in [0.3, 0.4) is 0 Å². The van der Waals surface area contributed by atoms with Gasteiger partial charge in [0.15, 0.2) is 0 Å². The molecule has 110 valence electrons. The van der Waals surface area contributed by atoms with Crippen molar-refractivity contribution in [3.05, 3.63) is 91.0 Å². The smallest absolute Gasteiger partial charge is 0.0931 e. The zero-order valence-electron chi connectivity index (χ0n) is 12.5. The summed E-state index contributed by atoms with van der Waals surface area (Å²) in [6.07, 6.45) is 0. The Morgan fingerprint density at radius 2 is 0.864 bits per heavy atom. The Balaban J connectivity index is 2.29. The van der Waals surface area contributed by atoms with Crippen molar-refractivity contribution >= 4 is 39.6 Å². The molecule has 3 rings (SSSR count). The van der Waals surface area contributed by atoms with E-state index in [1.807, 2.05) is 0 Å². The van der Waals surface area contributed by atoms with Crippen molar-refractivity contribution in [1.82, 2.24) is 0 Å². The van der Waals surface area contributed by atoms with Crippen molar-refractivity contribution in [2.24, 2.45) is 0 Å². The van der Waals surface area contributed by atoms with Crippen molar-refractivity contribution in [3.63, 3.8) is 0 Å². The van der Waals surface area contributed by atoms with Crippen molar-refractivity contribution in [3.8, 4) is 0 Å². The molecule has 0 aliphatic rings. The Labute approximate surface area is 142 Å². The minimum absolute atomic E-state index is 1.01. The first-order chi connectivity index (χ1) is 10.9. The summed E-state index contributed by atoms with van der Waals surface area (Å²) in [6.45, 7) is 0. The van der Waals surface area contributed by atoms with Gasteiger partial charge in [0.05, 0.1) is 0 Å². The fraction of sp³-hybridized carbons (Fsp3) is 0.100. The molecule has 0 heterocycles. The third kappa shape index (κ3) is 2.81. The van der Waals surface area contributed by atoms with Crippen LogP contribution < -0.4 is 15.6 Å². The maximum atomic E-state index is 3.71. The highest BCUT2D eigenvalue weighted by atomic mass is 79.9. The van der Waals surface area contributed by atoms with Gasteiger partial charge in [-0.1, -0.05) is 107 Å². The van der Waals surface area contributed by atoms with E-state index in [0.29, 0.717) is 0 Å². The Hall–Kier alpha value is -1.64. The SMILES string of the molecule is BrCC[Si](c1ccccc1)(c1ccccc1)c1ccccc1. The van der Waals surface area contributed by atoms with E-state index in [2.05, 4.69) is 107 Å². The Bertz CT molecular complexity index is 599. The number of benzene rings is 3. The quantitative estimate of drug-likeness (QED) is 0.368. The summed E-state index contributed by atoms with van der Waals surface area (Å²) in [4.78, 5) is 0. The minimum Gasteiger partial charge on any atom is -0.0931 e. The highest BCUT2D eigenvalue weighted by Gasteiger charge is 2.38. The van der Waals surface area contributed by atoms with Gasteiger partial charge in [0.25, 0.3) is 0 Å². The maximum absolute atomic E-state index is 3.71. The predicted molar refractivity (Wildman–Crippen MR) is 103 cm³/mol. The van der Waals surface area contributed by atoms with Gasteiger partial charge in [-0.25, -0.2) is 0 Å². The lowest BCUT2D eigenvalue weighted by Gasteiger charge is -2.33. The van der Waals surface area contributed by atoms with Crippen LogP contribution in [0.15, 0.2) is 91.0 Å². The van der Waals surface area contributed by atoms with Crippen LogP contribution in [-0.2, 0) is 0 Å². The third-order valence-electron chi connectivity index (χ3n) is 4.27. The monoisotopic (exact) mass is 366 g/mol. The van der Waals surface area contributed by atoms with Crippen LogP contribution in [0.1, 0.15) is 0 Å². The minimum atomic E-state index is -1.97. The van der Waals surface area contributed by atoms with Crippen LogP contribution >= 0.6 is 15.9 Å². The molecule has 0 bridgehead atoms. The zero-order chi connectivity index (χ0) is 15.3. The van der Waals surface area contributed by atoms with E-state index < -0.39 is 8.07 Å². The fourth-order valence-corrected chi connectivity index (χ4v) is 9.46. The summed E-state index contributed by atoms with van der Waals surface area (Å²) in [5, 5.41) is 5.45. The largest absolute Gasteiger partial charge is 0.149 e. The number of rotatable bonds is 5. The van der Waals surface area contributed by atoms with Crippen LogP contribution in [0.2, 0.25) is 6.04 Å². The van der Waals surface area contributed by atoms with Gasteiger partial charge in [0, 0.05) is 5.33 Å². The van der Waals surface area contributed by atoms with E-state index in [-0.39, 0.29) is 0 Å². The molecule has 0 fully saturated rings. The highest BCUT2D eigenvalue weighted by Crippen LogP contribution is 2.14. The molecule has 0 aliphatic heterocycles. The van der Waals surface area contributed by atoms with Crippen LogP contribution in [0, 0.1) is 0 Å². The summed E-state index contributed by atoms with van der Waals surface area (Å²) >= 11 is 3.71. The molecule has 0 saturated carbocycles. The van der Waals surface area contributed by atoms with E-state index in [1.54, 1.807) is 0 Å². The third-order valence-corrected chi connectivity index (χ3v) is 10.4. The average Bonchev–Trinajstić information content (AvgIpc) is 2.62. The molecule has 0 radical (unpaired) electrons. The average molecular weight is 367 g/mol. The van der Waals surface area contributed by atoms with Crippen LogP contribution in [0.5, 0.6) is 0 Å². The molecule has 0 saturated heterocycles. The lowest BCUT2D eigenvalue weighted by Crippen LogP contribution is -2.67. The summed E-state index contributed by atoms with van der Waals surface area (Å²) < 4.78 is 0. The summed E-state index contributed by atoms with van der Waals surface area (Å²) in [5.74, 6) is 0. The fourth-order valence-electron chi connectivity index (χ4n) is 3.24. The molecule has 0 aliphatic carbocycles. The van der Waals surface area contributed by atoms with Crippen LogP contribution in [-0.4, -0.2) is 13.4 Å². The lowest BCUT2D eigenvalue weighted by atomic mass is 10.3. The molecule has 0 spiro atoms. The Morgan fingerprint density at radius 3 is 1.14 bits per heavy atom. The molecule has 2 heteroatoms. The first-order valence-electron chi connectivity index (χ1n) is 7.60. The molecule has 0 unspecified atom stereocenters. The van der Waals surface area contributed by atoms with Crippen LogP contribution in [0.4, 0.5) is 0 Å². The van der Waals surface area contributed by atoms with E-state index in [9.17, 15) is 0 Å². The van der Waals surface area contributed by atoms with Gasteiger partial charge in [0.1, 0.15) is 8.07 Å². The second kappa shape index (κ2) is 7.08. The standard InChI is InChI=1S/C20H19BrSi/c21-16-17-22(18-10-4-1-5-11-18,19-12-6-2-7-13-19)20-14-8-3-9-15-20/h1-15H,16-17H2. The van der Waals surface area contributed by atoms with Crippen molar-refractivity contribution in [2.45, 2.75) is 6.04 Å². The summed E-state index contributed by atoms with van der Waals surface area (Å²) in [7, 11) is -1.97. The summed E-state index contributed by atoms with van der Waals surface area (Å²) in [6, 6.07) is 34.3. The number of halogens is 1. The molecule has 0 atom stereocenters. The van der Waals surface area contributed by atoms with E-state index in [4.69, 9.17) is 0 Å². The molecule has 22 heavy (non-hydrogen) atoms. The lowest BCUT2D eigenvalue weighted by molar-refractivity contribution is 1.44. The van der Waals surface area contributed by atoms with Crippen molar-refractivity contribution < 1.29 is 0 Å². The van der Waals surface area contributed by atoms with Gasteiger partial charge in [-0.15, -0.1) is 0 Å². The number of hydrogen-bond acceptors (Lipinski definition) is 0. The van der Waals surface area contributed by atoms with Gasteiger partial charge in [-0.05, 0) is 21.6 Å². The topological polar surface area (TPSA) is 0 Å².